The summed E-state index contributed by atoms with van der Waals surface area (Å²) in [5.41, 5.74) is 0. The Morgan fingerprint density at radius 2 is 1.32 bits per heavy atom. The maximum absolute atomic E-state index is 12.2. The predicted molar refractivity (Wildman–Crippen MR) is 82.0 cm³/mol. The lowest BCUT2D eigenvalue weighted by Crippen LogP contribution is -2.06. The Bertz CT molecular complexity index is 227. The van der Waals surface area contributed by atoms with E-state index in [1.165, 1.54) is 32.1 Å². The molecule has 1 N–H and O–H groups in total. The van der Waals surface area contributed by atoms with Crippen LogP contribution < -0.4 is 5.32 Å². The van der Waals surface area contributed by atoms with Crippen molar-refractivity contribution in [1.82, 2.24) is 5.32 Å². The van der Waals surface area contributed by atoms with E-state index in [1.807, 2.05) is 20.9 Å². The van der Waals surface area contributed by atoms with Crippen molar-refractivity contribution in [2.45, 2.75) is 58.8 Å². The van der Waals surface area contributed by atoms with Crippen molar-refractivity contribution in [3.05, 3.63) is 0 Å². The molecule has 19 heavy (non-hydrogen) atoms. The minimum Gasteiger partial charge on any atom is -0.320 e. The lowest BCUT2D eigenvalue weighted by Gasteiger charge is -2.16. The summed E-state index contributed by atoms with van der Waals surface area (Å²) in [5.74, 6) is 0. The van der Waals surface area contributed by atoms with Crippen LogP contribution in [0.25, 0.3) is 0 Å². The first-order valence-corrected chi connectivity index (χ1v) is 9.44. The van der Waals surface area contributed by atoms with Crippen LogP contribution in [0.4, 0.5) is 0 Å². The van der Waals surface area contributed by atoms with E-state index >= 15 is 0 Å². The van der Waals surface area contributed by atoms with Gasteiger partial charge in [0.2, 0.25) is 0 Å². The molecule has 0 aromatic carbocycles. The molecule has 116 valence electrons. The zero-order chi connectivity index (χ0) is 14.4. The van der Waals surface area contributed by atoms with Crippen LogP contribution in [0.1, 0.15) is 58.8 Å². The summed E-state index contributed by atoms with van der Waals surface area (Å²) < 4.78 is 22.7. The number of hydrogen-bond acceptors (Lipinski definition) is 4. The summed E-state index contributed by atoms with van der Waals surface area (Å²) in [4.78, 5) is 0. The molecule has 4 nitrogen and oxygen atoms in total. The van der Waals surface area contributed by atoms with Gasteiger partial charge in [-0.15, -0.1) is 0 Å². The topological polar surface area (TPSA) is 47.6 Å². The average Bonchev–Trinajstić information content (AvgIpc) is 2.37. The Labute approximate surface area is 119 Å². The minimum atomic E-state index is -2.80. The summed E-state index contributed by atoms with van der Waals surface area (Å²) in [6.07, 6.45) is 8.99. The van der Waals surface area contributed by atoms with Gasteiger partial charge in [0.15, 0.2) is 0 Å². The zero-order valence-electron chi connectivity index (χ0n) is 13.0. The van der Waals surface area contributed by atoms with Crippen molar-refractivity contribution < 1.29 is 13.6 Å². The van der Waals surface area contributed by atoms with Gasteiger partial charge in [-0.25, -0.2) is 0 Å². The molecule has 0 aromatic rings. The van der Waals surface area contributed by atoms with E-state index in [2.05, 4.69) is 5.32 Å². The second-order valence-electron chi connectivity index (χ2n) is 4.75. The van der Waals surface area contributed by atoms with E-state index in [1.54, 1.807) is 0 Å². The first kappa shape index (κ1) is 19.1. The molecule has 0 aromatic heterocycles. The number of hydrogen-bond donors (Lipinski definition) is 1. The normalized spacial score (nSPS) is 11.9. The number of unbranched alkanes of at least 4 members (excludes halogenated alkanes) is 6. The zero-order valence-corrected chi connectivity index (χ0v) is 13.8. The molecule has 0 fully saturated rings. The van der Waals surface area contributed by atoms with Gasteiger partial charge in [-0.05, 0) is 40.3 Å². The van der Waals surface area contributed by atoms with Crippen LogP contribution in [0.3, 0.4) is 0 Å². The van der Waals surface area contributed by atoms with Crippen LogP contribution in [-0.2, 0) is 13.6 Å². The number of nitrogens with one attached hydrogen (secondary N) is 1. The third-order valence-corrected chi connectivity index (χ3v) is 5.18. The fourth-order valence-corrected chi connectivity index (χ4v) is 3.78. The molecule has 5 heteroatoms. The van der Waals surface area contributed by atoms with E-state index < -0.39 is 7.60 Å². The van der Waals surface area contributed by atoms with Crippen molar-refractivity contribution >= 4 is 7.60 Å². The second kappa shape index (κ2) is 13.1. The molecule has 0 atom stereocenters. The first-order chi connectivity index (χ1) is 9.18. The molecule has 0 aliphatic carbocycles. The molecule has 0 rings (SSSR count). The van der Waals surface area contributed by atoms with E-state index in [0.717, 1.165) is 19.4 Å². The highest BCUT2D eigenvalue weighted by atomic mass is 31.2. The quantitative estimate of drug-likeness (QED) is 0.385. The van der Waals surface area contributed by atoms with E-state index in [0.29, 0.717) is 19.4 Å². The summed E-state index contributed by atoms with van der Waals surface area (Å²) in [5, 5.41) is 3.16. The van der Waals surface area contributed by atoms with Crippen LogP contribution >= 0.6 is 7.60 Å². The molecule has 0 amide bonds. The number of rotatable bonds is 14. The van der Waals surface area contributed by atoms with Crippen molar-refractivity contribution in [3.8, 4) is 0 Å². The van der Waals surface area contributed by atoms with Crippen molar-refractivity contribution in [3.63, 3.8) is 0 Å². The lowest BCUT2D eigenvalue weighted by molar-refractivity contribution is 0.219. The first-order valence-electron chi connectivity index (χ1n) is 7.71. The fraction of sp³-hybridized carbons (Fsp3) is 1.00. The van der Waals surface area contributed by atoms with Crippen LogP contribution in [0.2, 0.25) is 0 Å². The summed E-state index contributed by atoms with van der Waals surface area (Å²) in [6, 6.07) is 0. The summed E-state index contributed by atoms with van der Waals surface area (Å²) in [6.45, 7) is 5.75. The van der Waals surface area contributed by atoms with E-state index in [4.69, 9.17) is 9.05 Å². The van der Waals surface area contributed by atoms with E-state index in [-0.39, 0.29) is 0 Å². The fourth-order valence-electron chi connectivity index (χ4n) is 2.05. The van der Waals surface area contributed by atoms with Gasteiger partial charge in [-0.3, -0.25) is 4.57 Å². The molecule has 0 aliphatic heterocycles. The smallest absolute Gasteiger partial charge is 0.320 e. The predicted octanol–water partition coefficient (Wildman–Crippen LogP) is 4.20. The summed E-state index contributed by atoms with van der Waals surface area (Å²) in [7, 11) is -0.803. The Hall–Kier alpha value is 0.110. The maximum atomic E-state index is 12.2. The Kier molecular flexibility index (Phi) is 13.2. The third kappa shape index (κ3) is 11.6. The minimum absolute atomic E-state index is 0.461. The highest BCUT2D eigenvalue weighted by Crippen LogP contribution is 2.48. The average molecular weight is 293 g/mol. The van der Waals surface area contributed by atoms with Gasteiger partial charge < -0.3 is 14.4 Å². The van der Waals surface area contributed by atoms with Gasteiger partial charge in [-0.1, -0.05) is 32.1 Å². The molecule has 0 spiro atoms. The largest absolute Gasteiger partial charge is 0.330 e. The van der Waals surface area contributed by atoms with Crippen molar-refractivity contribution in [2.75, 3.05) is 33.0 Å². The lowest BCUT2D eigenvalue weighted by atomic mass is 10.1. The van der Waals surface area contributed by atoms with Gasteiger partial charge in [-0.2, -0.15) is 0 Å². The second-order valence-corrected chi connectivity index (χ2v) is 6.93. The van der Waals surface area contributed by atoms with Crippen LogP contribution in [0.15, 0.2) is 0 Å². The van der Waals surface area contributed by atoms with Crippen molar-refractivity contribution in [1.29, 1.82) is 0 Å². The molecule has 0 radical (unpaired) electrons. The highest BCUT2D eigenvalue weighted by Gasteiger charge is 2.22. The van der Waals surface area contributed by atoms with Gasteiger partial charge in [0.1, 0.15) is 0 Å². The highest BCUT2D eigenvalue weighted by molar-refractivity contribution is 7.53. The molecule has 0 unspecified atom stereocenters. The van der Waals surface area contributed by atoms with Crippen LogP contribution in [0, 0.1) is 0 Å². The molecule has 0 aliphatic rings. The van der Waals surface area contributed by atoms with Gasteiger partial charge >= 0.3 is 7.60 Å². The van der Waals surface area contributed by atoms with Crippen LogP contribution in [-0.4, -0.2) is 33.0 Å². The molecule has 0 saturated carbocycles. The monoisotopic (exact) mass is 293 g/mol. The Morgan fingerprint density at radius 1 is 0.842 bits per heavy atom. The third-order valence-electron chi connectivity index (χ3n) is 3.01. The standard InChI is InChI=1S/C14H32NO3P/c1-4-17-19(16,18-5-2)14-12-10-8-6-7-9-11-13-15-3/h15H,4-14H2,1-3H3. The Balaban J connectivity index is 3.47. The molecule has 0 bridgehead atoms. The SMILES string of the molecule is CCOP(=O)(CCCCCCCCCNC)OCC. The summed E-state index contributed by atoms with van der Waals surface area (Å²) >= 11 is 0. The maximum Gasteiger partial charge on any atom is 0.330 e. The van der Waals surface area contributed by atoms with Gasteiger partial charge in [0.05, 0.1) is 19.4 Å². The Morgan fingerprint density at radius 3 is 1.79 bits per heavy atom. The van der Waals surface area contributed by atoms with Gasteiger partial charge in [0, 0.05) is 0 Å². The van der Waals surface area contributed by atoms with Crippen LogP contribution in [0.5, 0.6) is 0 Å². The van der Waals surface area contributed by atoms with Gasteiger partial charge in [0.25, 0.3) is 0 Å². The molecular weight excluding hydrogens is 261 g/mol. The van der Waals surface area contributed by atoms with E-state index in [9.17, 15) is 4.57 Å². The van der Waals surface area contributed by atoms with Crippen molar-refractivity contribution in [2.24, 2.45) is 0 Å². The molecule has 0 heterocycles. The molecular formula is C14H32NO3P. The molecule has 0 saturated heterocycles.